The van der Waals surface area contributed by atoms with Gasteiger partial charge >= 0.3 is 5.91 Å². The molecule has 94 valence electrons. The molecule has 0 saturated heterocycles. The lowest BCUT2D eigenvalue weighted by Gasteiger charge is -1.96. The molecule has 1 aromatic heterocycles. The van der Waals surface area contributed by atoms with Gasteiger partial charge in [0.15, 0.2) is 10.4 Å². The third-order valence-corrected chi connectivity index (χ3v) is 2.67. The van der Waals surface area contributed by atoms with Crippen LogP contribution < -0.4 is 5.43 Å². The molecule has 0 saturated carbocycles. The van der Waals surface area contributed by atoms with Gasteiger partial charge in [0.05, 0.1) is 0 Å². The molecule has 0 unspecified atom stereocenters. The minimum Gasteiger partial charge on any atom is -0.444 e. The van der Waals surface area contributed by atoms with Crippen LogP contribution in [0, 0.1) is 0 Å². The van der Waals surface area contributed by atoms with Crippen molar-refractivity contribution in [3.8, 4) is 0 Å². The average molecular weight is 301 g/mol. The number of carbonyl (C=O) groups is 1. The summed E-state index contributed by atoms with van der Waals surface area (Å²) in [5.41, 5.74) is 2.42. The fraction of sp³-hybridized carbons (Fsp3) is 0.500. The zero-order valence-corrected chi connectivity index (χ0v) is 11.5. The van der Waals surface area contributed by atoms with Crippen molar-refractivity contribution in [1.82, 2.24) is 5.43 Å². The summed E-state index contributed by atoms with van der Waals surface area (Å²) < 4.78 is 5.62. The number of carbonyl (C=O) groups excluding carboxylic acids is 1. The van der Waals surface area contributed by atoms with E-state index >= 15 is 0 Å². The van der Waals surface area contributed by atoms with Crippen molar-refractivity contribution in [2.45, 2.75) is 39.0 Å². The van der Waals surface area contributed by atoms with E-state index in [9.17, 15) is 4.79 Å². The van der Waals surface area contributed by atoms with Gasteiger partial charge in [-0.1, -0.05) is 26.2 Å². The van der Waals surface area contributed by atoms with E-state index in [2.05, 4.69) is 33.4 Å². The maximum atomic E-state index is 11.5. The second-order valence-electron chi connectivity index (χ2n) is 3.71. The van der Waals surface area contributed by atoms with E-state index in [0.717, 1.165) is 12.8 Å². The molecule has 5 heteroatoms. The monoisotopic (exact) mass is 300 g/mol. The highest BCUT2D eigenvalue weighted by atomic mass is 79.9. The van der Waals surface area contributed by atoms with Crippen molar-refractivity contribution in [3.63, 3.8) is 0 Å². The SMILES string of the molecule is CCCCCC/C=N/NC(=O)c1ccc(Br)o1. The van der Waals surface area contributed by atoms with Crippen LogP contribution >= 0.6 is 15.9 Å². The number of hydrogen-bond donors (Lipinski definition) is 1. The number of hydrazone groups is 1. The predicted octanol–water partition coefficient (Wildman–Crippen LogP) is 3.73. The van der Waals surface area contributed by atoms with Gasteiger partial charge in [0.25, 0.3) is 0 Å². The van der Waals surface area contributed by atoms with E-state index in [1.165, 1.54) is 19.3 Å². The molecule has 1 rings (SSSR count). The molecule has 1 N–H and O–H groups in total. The summed E-state index contributed by atoms with van der Waals surface area (Å²) in [7, 11) is 0. The number of furan rings is 1. The molecule has 0 radical (unpaired) electrons. The van der Waals surface area contributed by atoms with E-state index < -0.39 is 0 Å². The lowest BCUT2D eigenvalue weighted by molar-refractivity contribution is 0.0926. The molecule has 1 aromatic rings. The fourth-order valence-corrected chi connectivity index (χ4v) is 1.63. The van der Waals surface area contributed by atoms with Gasteiger partial charge in [-0.15, -0.1) is 0 Å². The summed E-state index contributed by atoms with van der Waals surface area (Å²) in [5, 5.41) is 3.85. The highest BCUT2D eigenvalue weighted by Gasteiger charge is 2.08. The van der Waals surface area contributed by atoms with E-state index in [0.29, 0.717) is 4.67 Å². The molecule has 0 aliphatic carbocycles. The maximum absolute atomic E-state index is 11.5. The van der Waals surface area contributed by atoms with Gasteiger partial charge in [0, 0.05) is 6.21 Å². The van der Waals surface area contributed by atoms with Crippen LogP contribution in [0.4, 0.5) is 0 Å². The van der Waals surface area contributed by atoms with Crippen LogP contribution in [0.1, 0.15) is 49.6 Å². The number of rotatable bonds is 7. The predicted molar refractivity (Wildman–Crippen MR) is 71.1 cm³/mol. The van der Waals surface area contributed by atoms with Crippen molar-refractivity contribution in [2.75, 3.05) is 0 Å². The van der Waals surface area contributed by atoms with Gasteiger partial charge in [-0.25, -0.2) is 5.43 Å². The van der Waals surface area contributed by atoms with Crippen LogP contribution in [0.15, 0.2) is 26.3 Å². The maximum Gasteiger partial charge on any atom is 0.307 e. The molecule has 0 spiro atoms. The minimum absolute atomic E-state index is 0.250. The Kier molecular flexibility index (Phi) is 6.62. The molecular formula is C12H17BrN2O2. The molecular weight excluding hydrogens is 284 g/mol. The molecule has 0 aliphatic heterocycles. The molecule has 0 aliphatic rings. The Morgan fingerprint density at radius 2 is 2.29 bits per heavy atom. The number of halogens is 1. The average Bonchev–Trinajstić information content (AvgIpc) is 2.74. The Bertz CT molecular complexity index is 374. The molecule has 1 amide bonds. The number of amides is 1. The summed E-state index contributed by atoms with van der Waals surface area (Å²) in [5.74, 6) is -0.0829. The summed E-state index contributed by atoms with van der Waals surface area (Å²) in [6, 6.07) is 3.26. The van der Waals surface area contributed by atoms with Crippen molar-refractivity contribution in [1.29, 1.82) is 0 Å². The van der Waals surface area contributed by atoms with E-state index in [-0.39, 0.29) is 11.7 Å². The minimum atomic E-state index is -0.333. The highest BCUT2D eigenvalue weighted by molar-refractivity contribution is 9.10. The van der Waals surface area contributed by atoms with Crippen LogP contribution in [0.25, 0.3) is 0 Å². The Morgan fingerprint density at radius 1 is 1.47 bits per heavy atom. The van der Waals surface area contributed by atoms with Crippen molar-refractivity contribution >= 4 is 28.1 Å². The zero-order chi connectivity index (χ0) is 12.5. The fourth-order valence-electron chi connectivity index (χ4n) is 1.32. The Hall–Kier alpha value is -1.10. The number of unbranched alkanes of at least 4 members (excludes halogenated alkanes) is 4. The molecule has 4 nitrogen and oxygen atoms in total. The first-order chi connectivity index (χ1) is 8.24. The smallest absolute Gasteiger partial charge is 0.307 e. The molecule has 0 fully saturated rings. The van der Waals surface area contributed by atoms with Gasteiger partial charge < -0.3 is 4.42 Å². The molecule has 0 aromatic carbocycles. The quantitative estimate of drug-likeness (QED) is 0.474. The Labute approximate surface area is 110 Å². The van der Waals surface area contributed by atoms with Gasteiger partial charge in [0.2, 0.25) is 0 Å². The van der Waals surface area contributed by atoms with Crippen LogP contribution in [-0.2, 0) is 0 Å². The highest BCUT2D eigenvalue weighted by Crippen LogP contribution is 2.13. The van der Waals surface area contributed by atoms with Gasteiger partial charge in [-0.3, -0.25) is 4.79 Å². The molecule has 17 heavy (non-hydrogen) atoms. The first-order valence-corrected chi connectivity index (χ1v) is 6.60. The van der Waals surface area contributed by atoms with Crippen molar-refractivity contribution < 1.29 is 9.21 Å². The number of nitrogens with zero attached hydrogens (tertiary/aromatic N) is 1. The van der Waals surface area contributed by atoms with Crippen LogP contribution in [0.2, 0.25) is 0 Å². The van der Waals surface area contributed by atoms with Gasteiger partial charge in [0.1, 0.15) is 0 Å². The third-order valence-electron chi connectivity index (χ3n) is 2.24. The molecule has 1 heterocycles. The zero-order valence-electron chi connectivity index (χ0n) is 9.91. The van der Waals surface area contributed by atoms with Gasteiger partial charge in [-0.2, -0.15) is 5.10 Å². The normalized spacial score (nSPS) is 10.9. The third kappa shape index (κ3) is 5.68. The van der Waals surface area contributed by atoms with E-state index in [4.69, 9.17) is 4.42 Å². The summed E-state index contributed by atoms with van der Waals surface area (Å²) in [6.45, 7) is 2.18. The summed E-state index contributed by atoms with van der Waals surface area (Å²) in [6.07, 6.45) is 7.41. The van der Waals surface area contributed by atoms with Crippen molar-refractivity contribution in [3.05, 3.63) is 22.6 Å². The second-order valence-corrected chi connectivity index (χ2v) is 4.49. The topological polar surface area (TPSA) is 54.6 Å². The Balaban J connectivity index is 2.17. The van der Waals surface area contributed by atoms with Crippen LogP contribution in [0.3, 0.4) is 0 Å². The first kappa shape index (κ1) is 14.0. The van der Waals surface area contributed by atoms with Crippen LogP contribution in [0.5, 0.6) is 0 Å². The molecule has 0 bridgehead atoms. The van der Waals surface area contributed by atoms with E-state index in [1.54, 1.807) is 18.3 Å². The Morgan fingerprint density at radius 3 is 2.94 bits per heavy atom. The first-order valence-electron chi connectivity index (χ1n) is 5.81. The van der Waals surface area contributed by atoms with Crippen LogP contribution in [-0.4, -0.2) is 12.1 Å². The summed E-state index contributed by atoms with van der Waals surface area (Å²) >= 11 is 3.13. The van der Waals surface area contributed by atoms with Crippen molar-refractivity contribution in [2.24, 2.45) is 5.10 Å². The second kappa shape index (κ2) is 8.06. The standard InChI is InChI=1S/C12H17BrN2O2/c1-2-3-4-5-6-9-14-15-12(16)10-7-8-11(13)17-10/h7-9H,2-6H2,1H3,(H,15,16)/b14-9+. The largest absolute Gasteiger partial charge is 0.444 e. The summed E-state index contributed by atoms with van der Waals surface area (Å²) in [4.78, 5) is 11.5. The number of hydrogen-bond acceptors (Lipinski definition) is 3. The lowest BCUT2D eigenvalue weighted by atomic mass is 10.2. The van der Waals surface area contributed by atoms with E-state index in [1.807, 2.05) is 0 Å². The number of nitrogens with one attached hydrogen (secondary N) is 1. The molecule has 0 atom stereocenters. The lowest BCUT2D eigenvalue weighted by Crippen LogP contribution is -2.16. The van der Waals surface area contributed by atoms with Gasteiger partial charge in [-0.05, 0) is 40.9 Å².